The van der Waals surface area contributed by atoms with Crippen LogP contribution in [-0.2, 0) is 29.1 Å². The molecule has 0 unspecified atom stereocenters. The van der Waals surface area contributed by atoms with Gasteiger partial charge in [0, 0.05) is 30.4 Å². The van der Waals surface area contributed by atoms with Gasteiger partial charge in [0.2, 0.25) is 5.91 Å². The van der Waals surface area contributed by atoms with E-state index in [1.807, 2.05) is 30.2 Å². The Kier molecular flexibility index (Phi) is 5.50. The maximum atomic E-state index is 11.8. The summed E-state index contributed by atoms with van der Waals surface area (Å²) in [5.41, 5.74) is 11.9. The molecule has 0 radical (unpaired) electrons. The van der Waals surface area contributed by atoms with Crippen LogP contribution >= 0.6 is 0 Å². The summed E-state index contributed by atoms with van der Waals surface area (Å²) in [6.45, 7) is 3.49. The van der Waals surface area contributed by atoms with E-state index in [1.54, 1.807) is 29.1 Å². The van der Waals surface area contributed by atoms with Crippen molar-refractivity contribution in [2.75, 3.05) is 13.1 Å². The molecule has 2 aromatic heterocycles. The van der Waals surface area contributed by atoms with Crippen LogP contribution in [0.2, 0.25) is 0 Å². The highest BCUT2D eigenvalue weighted by molar-refractivity contribution is 5.93. The highest BCUT2D eigenvalue weighted by Crippen LogP contribution is 2.26. The van der Waals surface area contributed by atoms with Crippen molar-refractivity contribution < 1.29 is 18.7 Å². The topological polar surface area (TPSA) is 136 Å². The number of nitrogens with one attached hydrogen (secondary N) is 1. The smallest absolute Gasteiger partial charge is 0.417 e. The lowest BCUT2D eigenvalue weighted by Crippen LogP contribution is -2.34. The van der Waals surface area contributed by atoms with Gasteiger partial charge in [-0.1, -0.05) is 6.07 Å². The molecule has 5 rings (SSSR count). The number of hydrogen-bond acceptors (Lipinski definition) is 7. The second-order valence-electron chi connectivity index (χ2n) is 8.37. The molecule has 0 bridgehead atoms. The average Bonchev–Trinajstić information content (AvgIpc) is 3.50. The molecular weight excluding hydrogens is 438 g/mol. The van der Waals surface area contributed by atoms with Crippen LogP contribution in [0.1, 0.15) is 32.6 Å². The quantitative estimate of drug-likeness (QED) is 0.382. The number of aromatic nitrogens is 3. The first-order chi connectivity index (χ1) is 16.4. The van der Waals surface area contributed by atoms with E-state index in [0.29, 0.717) is 42.8 Å². The fourth-order valence-corrected chi connectivity index (χ4v) is 4.31. The molecule has 174 valence electrons. The Morgan fingerprint density at radius 2 is 2.12 bits per heavy atom. The molecule has 2 aromatic carbocycles. The first-order valence-electron chi connectivity index (χ1n) is 10.8. The minimum Gasteiger partial charge on any atom is -0.457 e. The van der Waals surface area contributed by atoms with Gasteiger partial charge >= 0.3 is 11.7 Å². The molecule has 0 spiro atoms. The van der Waals surface area contributed by atoms with Gasteiger partial charge in [-0.3, -0.25) is 14.7 Å². The zero-order chi connectivity index (χ0) is 23.8. The average molecular weight is 461 g/mol. The van der Waals surface area contributed by atoms with Gasteiger partial charge in [0.05, 0.1) is 29.5 Å². The number of cyclic esters (lactones) is 1. The predicted octanol–water partition coefficient (Wildman–Crippen LogP) is 1.82. The van der Waals surface area contributed by atoms with E-state index in [9.17, 15) is 14.4 Å². The molecule has 1 amide bonds. The zero-order valence-electron chi connectivity index (χ0n) is 18.5. The summed E-state index contributed by atoms with van der Waals surface area (Å²) in [5.74, 6) is -1.20. The lowest BCUT2D eigenvalue weighted by atomic mass is 9.96. The summed E-state index contributed by atoms with van der Waals surface area (Å²) in [7, 11) is 0. The van der Waals surface area contributed by atoms with E-state index in [4.69, 9.17) is 14.9 Å². The Hall–Kier alpha value is -4.18. The van der Waals surface area contributed by atoms with Gasteiger partial charge in [-0.15, -0.1) is 0 Å². The zero-order valence-corrected chi connectivity index (χ0v) is 18.5. The van der Waals surface area contributed by atoms with Crippen LogP contribution in [0.5, 0.6) is 0 Å². The van der Waals surface area contributed by atoms with Crippen molar-refractivity contribution >= 4 is 23.0 Å². The summed E-state index contributed by atoms with van der Waals surface area (Å²) in [6.07, 6.45) is 4.30. The molecule has 0 saturated heterocycles. The fourth-order valence-electron chi connectivity index (χ4n) is 4.31. The number of esters is 1. The van der Waals surface area contributed by atoms with Crippen molar-refractivity contribution in [2.24, 2.45) is 5.73 Å². The molecule has 3 heterocycles. The Morgan fingerprint density at radius 3 is 2.94 bits per heavy atom. The molecule has 0 saturated carbocycles. The van der Waals surface area contributed by atoms with Gasteiger partial charge < -0.3 is 14.9 Å². The number of ether oxygens (including phenoxy) is 1. The standard InChI is InChI=1S/C24H23N5O5/c1-14-16(2-4-18-19(14)13-33-23(18)31)6-7-28(12-22(25)30)10-15-9-26-29(11-15)17-3-5-21-20(8-17)27-24(32)34-21/h2-5,8-9,11H,6-7,10,12-13H2,1H3,(H2,25,30)(H,27,32). The first kappa shape index (κ1) is 21.7. The number of hydrogen-bond donors (Lipinski definition) is 2. The number of amides is 1. The number of carbonyl (C=O) groups excluding carboxylic acids is 2. The van der Waals surface area contributed by atoms with Crippen LogP contribution in [0.25, 0.3) is 16.8 Å². The number of aromatic amines is 1. The second-order valence-corrected chi connectivity index (χ2v) is 8.37. The van der Waals surface area contributed by atoms with Crippen LogP contribution in [0.15, 0.2) is 51.9 Å². The van der Waals surface area contributed by atoms with Gasteiger partial charge in [0.15, 0.2) is 5.58 Å². The molecule has 0 atom stereocenters. The molecule has 10 heteroatoms. The van der Waals surface area contributed by atoms with Crippen LogP contribution in [0.4, 0.5) is 0 Å². The Balaban J connectivity index is 1.31. The summed E-state index contributed by atoms with van der Waals surface area (Å²) in [5, 5.41) is 4.42. The molecule has 10 nitrogen and oxygen atoms in total. The largest absolute Gasteiger partial charge is 0.457 e. The third-order valence-corrected chi connectivity index (χ3v) is 6.06. The third kappa shape index (κ3) is 4.23. The molecule has 0 aliphatic carbocycles. The van der Waals surface area contributed by atoms with E-state index in [1.165, 1.54) is 0 Å². The van der Waals surface area contributed by atoms with E-state index in [-0.39, 0.29) is 12.5 Å². The van der Waals surface area contributed by atoms with E-state index in [0.717, 1.165) is 27.9 Å². The summed E-state index contributed by atoms with van der Waals surface area (Å²) in [4.78, 5) is 39.5. The van der Waals surface area contributed by atoms with E-state index < -0.39 is 11.7 Å². The van der Waals surface area contributed by atoms with E-state index in [2.05, 4.69) is 10.1 Å². The number of rotatable bonds is 8. The minimum absolute atomic E-state index is 0.110. The summed E-state index contributed by atoms with van der Waals surface area (Å²) in [6, 6.07) is 9.05. The molecule has 34 heavy (non-hydrogen) atoms. The SMILES string of the molecule is Cc1c(CCN(CC(N)=O)Cc2cnn(-c3ccc4oc(=O)[nH]c4c3)c2)ccc2c1COC2=O. The Bertz CT molecular complexity index is 1460. The fraction of sp³-hybridized carbons (Fsp3) is 0.250. The van der Waals surface area contributed by atoms with Gasteiger partial charge in [0.25, 0.3) is 0 Å². The van der Waals surface area contributed by atoms with Crippen LogP contribution in [0, 0.1) is 6.92 Å². The van der Waals surface area contributed by atoms with Crippen molar-refractivity contribution in [3.05, 3.63) is 81.1 Å². The third-order valence-electron chi connectivity index (χ3n) is 6.06. The number of nitrogens with two attached hydrogens (primary N) is 1. The van der Waals surface area contributed by atoms with Crippen molar-refractivity contribution in [1.82, 2.24) is 19.7 Å². The van der Waals surface area contributed by atoms with Crippen LogP contribution in [0.3, 0.4) is 0 Å². The predicted molar refractivity (Wildman–Crippen MR) is 122 cm³/mol. The summed E-state index contributed by atoms with van der Waals surface area (Å²) < 4.78 is 11.9. The molecule has 1 aliphatic heterocycles. The number of oxazole rings is 1. The highest BCUT2D eigenvalue weighted by Gasteiger charge is 2.24. The minimum atomic E-state index is -0.506. The van der Waals surface area contributed by atoms with Crippen molar-refractivity contribution in [3.63, 3.8) is 0 Å². The maximum absolute atomic E-state index is 11.8. The van der Waals surface area contributed by atoms with Gasteiger partial charge in [-0.05, 0) is 48.7 Å². The molecule has 0 fully saturated rings. The van der Waals surface area contributed by atoms with Crippen molar-refractivity contribution in [1.29, 1.82) is 0 Å². The lowest BCUT2D eigenvalue weighted by molar-refractivity contribution is -0.119. The molecule has 4 aromatic rings. The summed E-state index contributed by atoms with van der Waals surface area (Å²) >= 11 is 0. The van der Waals surface area contributed by atoms with Gasteiger partial charge in [-0.25, -0.2) is 14.3 Å². The Morgan fingerprint density at radius 1 is 1.26 bits per heavy atom. The Labute approximate surface area is 193 Å². The number of carbonyl (C=O) groups is 2. The van der Waals surface area contributed by atoms with Gasteiger partial charge in [-0.2, -0.15) is 5.10 Å². The maximum Gasteiger partial charge on any atom is 0.417 e. The molecule has 3 N–H and O–H groups in total. The van der Waals surface area contributed by atoms with Crippen LogP contribution in [-0.4, -0.2) is 44.6 Å². The lowest BCUT2D eigenvalue weighted by Gasteiger charge is -2.21. The van der Waals surface area contributed by atoms with Crippen molar-refractivity contribution in [2.45, 2.75) is 26.5 Å². The van der Waals surface area contributed by atoms with E-state index >= 15 is 0 Å². The van der Waals surface area contributed by atoms with Crippen molar-refractivity contribution in [3.8, 4) is 5.69 Å². The number of nitrogens with zero attached hydrogens (tertiary/aromatic N) is 3. The van der Waals surface area contributed by atoms with Crippen LogP contribution < -0.4 is 11.5 Å². The first-order valence-corrected chi connectivity index (χ1v) is 10.8. The molecule has 1 aliphatic rings. The number of fused-ring (bicyclic) bond motifs is 2. The number of H-pyrrole nitrogens is 1. The number of primary amides is 1. The normalized spacial score (nSPS) is 12.9. The molecular formula is C24H23N5O5. The monoisotopic (exact) mass is 461 g/mol. The van der Waals surface area contributed by atoms with Gasteiger partial charge in [0.1, 0.15) is 6.61 Å². The highest BCUT2D eigenvalue weighted by atomic mass is 16.5. The second kappa shape index (κ2) is 8.64. The number of benzene rings is 2.